The second-order valence-corrected chi connectivity index (χ2v) is 4.58. The maximum atomic E-state index is 12.5. The van der Waals surface area contributed by atoms with Crippen LogP contribution in [0.3, 0.4) is 0 Å². The molecule has 0 aliphatic heterocycles. The van der Waals surface area contributed by atoms with Crippen molar-refractivity contribution in [2.24, 2.45) is 7.05 Å². The molecule has 0 aliphatic rings. The van der Waals surface area contributed by atoms with Crippen molar-refractivity contribution < 1.29 is 13.2 Å². The molecule has 0 radical (unpaired) electrons. The number of pyridine rings is 1. The smallest absolute Gasteiger partial charge is 0.368 e. The summed E-state index contributed by atoms with van der Waals surface area (Å²) in [4.78, 5) is 3.70. The predicted octanol–water partition coefficient (Wildman–Crippen LogP) is 3.14. The number of alkyl halides is 3. The van der Waals surface area contributed by atoms with Gasteiger partial charge in [-0.1, -0.05) is 11.6 Å². The predicted molar refractivity (Wildman–Crippen MR) is 69.7 cm³/mol. The molecule has 2 aromatic rings. The summed E-state index contributed by atoms with van der Waals surface area (Å²) in [6.07, 6.45) is -1.34. The van der Waals surface area contributed by atoms with Gasteiger partial charge in [0.1, 0.15) is 5.82 Å². The normalized spacial score (nSPS) is 11.7. The number of halogens is 4. The number of anilines is 1. The summed E-state index contributed by atoms with van der Waals surface area (Å²) in [7, 11) is 1.82. The van der Waals surface area contributed by atoms with E-state index in [4.69, 9.17) is 11.6 Å². The van der Waals surface area contributed by atoms with Gasteiger partial charge >= 0.3 is 6.18 Å². The Morgan fingerprint density at radius 1 is 1.40 bits per heavy atom. The molecule has 8 heteroatoms. The molecule has 2 rings (SSSR count). The van der Waals surface area contributed by atoms with E-state index in [1.165, 1.54) is 0 Å². The van der Waals surface area contributed by atoms with E-state index < -0.39 is 11.7 Å². The number of hydrogen-bond donors (Lipinski definition) is 1. The first-order valence-corrected chi connectivity index (χ1v) is 6.19. The first-order valence-electron chi connectivity index (χ1n) is 5.81. The van der Waals surface area contributed by atoms with E-state index >= 15 is 0 Å². The maximum Gasteiger partial charge on any atom is 0.417 e. The molecule has 2 aromatic heterocycles. The van der Waals surface area contributed by atoms with Crippen LogP contribution < -0.4 is 5.32 Å². The molecule has 4 nitrogen and oxygen atoms in total. The van der Waals surface area contributed by atoms with Crippen LogP contribution in [-0.2, 0) is 19.6 Å². The highest BCUT2D eigenvalue weighted by molar-refractivity contribution is 6.32. The van der Waals surface area contributed by atoms with Crippen LogP contribution in [0.1, 0.15) is 11.3 Å². The zero-order valence-electron chi connectivity index (χ0n) is 10.6. The lowest BCUT2D eigenvalue weighted by Gasteiger charge is -2.10. The number of nitrogens with one attached hydrogen (secondary N) is 1. The SMILES string of the molecule is Cn1nccc1CCNc1ncc(C(F)(F)F)cc1Cl. The summed E-state index contributed by atoms with van der Waals surface area (Å²) < 4.78 is 39.1. The van der Waals surface area contributed by atoms with Gasteiger partial charge in [0, 0.05) is 38.1 Å². The van der Waals surface area contributed by atoms with Gasteiger partial charge in [-0.25, -0.2) is 4.98 Å². The lowest BCUT2D eigenvalue weighted by molar-refractivity contribution is -0.137. The molecule has 0 saturated heterocycles. The zero-order valence-corrected chi connectivity index (χ0v) is 11.3. The zero-order chi connectivity index (χ0) is 14.8. The fourth-order valence-electron chi connectivity index (χ4n) is 1.68. The summed E-state index contributed by atoms with van der Waals surface area (Å²) in [6.45, 7) is 0.498. The third-order valence-corrected chi connectivity index (χ3v) is 3.05. The number of rotatable bonds is 4. The summed E-state index contributed by atoms with van der Waals surface area (Å²) in [5.41, 5.74) is 0.139. The van der Waals surface area contributed by atoms with Gasteiger partial charge in [0.15, 0.2) is 0 Å². The van der Waals surface area contributed by atoms with E-state index in [0.29, 0.717) is 13.0 Å². The van der Waals surface area contributed by atoms with E-state index in [1.807, 2.05) is 13.1 Å². The summed E-state index contributed by atoms with van der Waals surface area (Å²) in [5, 5.41) is 6.88. The quantitative estimate of drug-likeness (QED) is 0.943. The molecule has 2 heterocycles. The molecule has 0 amide bonds. The average molecular weight is 305 g/mol. The Balaban J connectivity index is 1.98. The average Bonchev–Trinajstić information content (AvgIpc) is 2.76. The molecule has 0 unspecified atom stereocenters. The van der Waals surface area contributed by atoms with Gasteiger partial charge in [-0.2, -0.15) is 18.3 Å². The Labute approximate surface area is 118 Å². The third kappa shape index (κ3) is 3.41. The van der Waals surface area contributed by atoms with Crippen LogP contribution in [0.2, 0.25) is 5.02 Å². The molecule has 0 bridgehead atoms. The Kier molecular flexibility index (Phi) is 4.17. The Morgan fingerprint density at radius 2 is 2.15 bits per heavy atom. The second-order valence-electron chi connectivity index (χ2n) is 4.18. The van der Waals surface area contributed by atoms with Crippen molar-refractivity contribution in [3.05, 3.63) is 40.8 Å². The summed E-state index contributed by atoms with van der Waals surface area (Å²) in [5.74, 6) is 0.238. The topological polar surface area (TPSA) is 42.7 Å². The van der Waals surface area contributed by atoms with Crippen LogP contribution in [0.4, 0.5) is 19.0 Å². The third-order valence-electron chi connectivity index (χ3n) is 2.76. The van der Waals surface area contributed by atoms with Crippen molar-refractivity contribution in [1.82, 2.24) is 14.8 Å². The van der Waals surface area contributed by atoms with Crippen LogP contribution >= 0.6 is 11.6 Å². The van der Waals surface area contributed by atoms with E-state index in [9.17, 15) is 13.2 Å². The van der Waals surface area contributed by atoms with Gasteiger partial charge in [0.05, 0.1) is 10.6 Å². The first-order chi connectivity index (χ1) is 9.38. The molecule has 20 heavy (non-hydrogen) atoms. The minimum Gasteiger partial charge on any atom is -0.368 e. The fraction of sp³-hybridized carbons (Fsp3) is 0.333. The van der Waals surface area contributed by atoms with E-state index in [0.717, 1.165) is 18.0 Å². The summed E-state index contributed by atoms with van der Waals surface area (Å²) >= 11 is 5.78. The van der Waals surface area contributed by atoms with Crippen LogP contribution in [0.5, 0.6) is 0 Å². The Morgan fingerprint density at radius 3 is 2.70 bits per heavy atom. The van der Waals surface area contributed by atoms with E-state index in [2.05, 4.69) is 15.4 Å². The monoisotopic (exact) mass is 304 g/mol. The van der Waals surface area contributed by atoms with Gasteiger partial charge in [0.25, 0.3) is 0 Å². The maximum absolute atomic E-state index is 12.5. The molecule has 1 N–H and O–H groups in total. The lowest BCUT2D eigenvalue weighted by Crippen LogP contribution is -2.11. The van der Waals surface area contributed by atoms with Gasteiger partial charge in [0.2, 0.25) is 0 Å². The molecule has 0 saturated carbocycles. The minimum absolute atomic E-state index is 0.0511. The molecule has 0 aromatic carbocycles. The van der Waals surface area contributed by atoms with Crippen LogP contribution in [0.25, 0.3) is 0 Å². The van der Waals surface area contributed by atoms with Crippen molar-refractivity contribution in [2.45, 2.75) is 12.6 Å². The lowest BCUT2D eigenvalue weighted by atomic mass is 10.2. The molecule has 0 atom stereocenters. The van der Waals surface area contributed by atoms with Gasteiger partial charge in [-0.05, 0) is 12.1 Å². The molecular weight excluding hydrogens is 293 g/mol. The second kappa shape index (κ2) is 5.70. The van der Waals surface area contributed by atoms with Crippen molar-refractivity contribution in [3.8, 4) is 0 Å². The highest BCUT2D eigenvalue weighted by atomic mass is 35.5. The Hall–Kier alpha value is -1.76. The fourth-order valence-corrected chi connectivity index (χ4v) is 1.91. The van der Waals surface area contributed by atoms with Gasteiger partial charge < -0.3 is 5.32 Å². The molecular formula is C12H12ClF3N4. The van der Waals surface area contributed by atoms with Crippen molar-refractivity contribution in [3.63, 3.8) is 0 Å². The Bertz CT molecular complexity index is 595. The highest BCUT2D eigenvalue weighted by Crippen LogP contribution is 2.32. The standard InChI is InChI=1S/C12H12ClF3N4/c1-20-9(3-5-19-20)2-4-17-11-10(13)6-8(7-18-11)12(14,15)16/h3,5-7H,2,4H2,1H3,(H,17,18). The largest absolute Gasteiger partial charge is 0.417 e. The number of aryl methyl sites for hydroxylation is 1. The number of nitrogens with zero attached hydrogens (tertiary/aromatic N) is 3. The van der Waals surface area contributed by atoms with E-state index in [1.54, 1.807) is 10.9 Å². The first kappa shape index (κ1) is 14.6. The van der Waals surface area contributed by atoms with E-state index in [-0.39, 0.29) is 10.8 Å². The number of hydrogen-bond acceptors (Lipinski definition) is 3. The van der Waals surface area contributed by atoms with Crippen molar-refractivity contribution >= 4 is 17.4 Å². The van der Waals surface area contributed by atoms with Crippen molar-refractivity contribution in [2.75, 3.05) is 11.9 Å². The highest BCUT2D eigenvalue weighted by Gasteiger charge is 2.31. The summed E-state index contributed by atoms with van der Waals surface area (Å²) in [6, 6.07) is 2.73. The minimum atomic E-state index is -4.44. The molecule has 108 valence electrons. The molecule has 0 spiro atoms. The number of aromatic nitrogens is 3. The van der Waals surface area contributed by atoms with Crippen molar-refractivity contribution in [1.29, 1.82) is 0 Å². The van der Waals surface area contributed by atoms with Gasteiger partial charge in [-0.15, -0.1) is 0 Å². The van der Waals surface area contributed by atoms with Crippen LogP contribution in [0.15, 0.2) is 24.5 Å². The molecule has 0 aliphatic carbocycles. The van der Waals surface area contributed by atoms with Crippen LogP contribution in [-0.4, -0.2) is 21.3 Å². The van der Waals surface area contributed by atoms with Crippen LogP contribution in [0, 0.1) is 0 Å². The van der Waals surface area contributed by atoms with Gasteiger partial charge in [-0.3, -0.25) is 4.68 Å². The molecule has 0 fully saturated rings.